The molecule has 4 nitrogen and oxygen atoms in total. The third kappa shape index (κ3) is 1.15. The highest BCUT2D eigenvalue weighted by atomic mass is 35.5. The molecular formula is C7H4ClNO3S. The average molecular weight is 218 g/mol. The summed E-state index contributed by atoms with van der Waals surface area (Å²) in [5, 5.41) is 10.6. The maximum atomic E-state index is 11.2. The molecule has 0 N–H and O–H groups in total. The van der Waals surface area contributed by atoms with E-state index in [2.05, 4.69) is 0 Å². The monoisotopic (exact) mass is 217 g/mol. The molecule has 0 fully saturated rings. The molecule has 0 spiro atoms. The van der Waals surface area contributed by atoms with E-state index >= 15 is 0 Å². The maximum absolute atomic E-state index is 11.2. The molecule has 0 saturated carbocycles. The topological polar surface area (TPSA) is 60.2 Å². The number of aryl methyl sites for hydroxylation is 1. The van der Waals surface area contributed by atoms with Gasteiger partial charge in [0.2, 0.25) is 0 Å². The number of rotatable bonds is 1. The Hall–Kier alpha value is -0.940. The summed E-state index contributed by atoms with van der Waals surface area (Å²) >= 11 is 6.79. The van der Waals surface area contributed by atoms with Crippen LogP contribution in [-0.2, 0) is 6.42 Å². The minimum atomic E-state index is -0.582. The van der Waals surface area contributed by atoms with Gasteiger partial charge < -0.3 is 0 Å². The Morgan fingerprint density at radius 3 is 2.77 bits per heavy atom. The van der Waals surface area contributed by atoms with Crippen LogP contribution in [-0.4, -0.2) is 10.7 Å². The molecule has 0 radical (unpaired) electrons. The van der Waals surface area contributed by atoms with Crippen LogP contribution < -0.4 is 0 Å². The first-order chi connectivity index (χ1) is 6.11. The van der Waals surface area contributed by atoms with Gasteiger partial charge in [0.05, 0.1) is 4.92 Å². The number of fused-ring (bicyclic) bond motifs is 1. The molecule has 1 aliphatic carbocycles. The summed E-state index contributed by atoms with van der Waals surface area (Å²) in [5.41, 5.74) is 0.0316. The highest BCUT2D eigenvalue weighted by molar-refractivity contribution is 7.17. The molecule has 1 aromatic heterocycles. The van der Waals surface area contributed by atoms with Crippen molar-refractivity contribution in [3.05, 3.63) is 24.9 Å². The van der Waals surface area contributed by atoms with Gasteiger partial charge in [-0.2, -0.15) is 0 Å². The predicted octanol–water partition coefficient (Wildman–Crippen LogP) is 2.44. The van der Waals surface area contributed by atoms with Crippen LogP contribution in [0.5, 0.6) is 0 Å². The van der Waals surface area contributed by atoms with E-state index in [1.54, 1.807) is 0 Å². The number of Topliss-reactive ketones (excluding diaryl/α,β-unsaturated/α-hetero) is 1. The highest BCUT2D eigenvalue weighted by Crippen LogP contribution is 2.43. The minimum Gasteiger partial charge on any atom is -0.294 e. The van der Waals surface area contributed by atoms with Gasteiger partial charge in [0.25, 0.3) is 0 Å². The van der Waals surface area contributed by atoms with Crippen LogP contribution in [0.1, 0.15) is 21.7 Å². The van der Waals surface area contributed by atoms with Gasteiger partial charge in [0.1, 0.15) is 5.56 Å². The SMILES string of the molecule is O=C1CCc2sc(Cl)c([N+](=O)[O-])c21. The Bertz CT molecular complexity index is 412. The Labute approximate surface area is 82.3 Å². The van der Waals surface area contributed by atoms with Gasteiger partial charge in [-0.05, 0) is 6.42 Å². The Morgan fingerprint density at radius 1 is 1.46 bits per heavy atom. The van der Waals surface area contributed by atoms with Crippen LogP contribution in [0.25, 0.3) is 0 Å². The van der Waals surface area contributed by atoms with Gasteiger partial charge in [-0.3, -0.25) is 14.9 Å². The Morgan fingerprint density at radius 2 is 2.15 bits per heavy atom. The van der Waals surface area contributed by atoms with E-state index in [4.69, 9.17) is 11.6 Å². The maximum Gasteiger partial charge on any atom is 0.309 e. The zero-order chi connectivity index (χ0) is 9.59. The van der Waals surface area contributed by atoms with Crippen molar-refractivity contribution in [1.82, 2.24) is 0 Å². The number of nitro groups is 1. The first kappa shape index (κ1) is 8.65. The molecule has 0 aromatic carbocycles. The second-order valence-electron chi connectivity index (χ2n) is 2.70. The molecule has 13 heavy (non-hydrogen) atoms. The number of nitrogens with zero attached hydrogens (tertiary/aromatic N) is 1. The summed E-state index contributed by atoms with van der Waals surface area (Å²) in [5.74, 6) is -0.162. The molecule has 1 aromatic rings. The standard InChI is InChI=1S/C7H4ClNO3S/c8-7-6(9(11)12)5-3(10)1-2-4(5)13-7/h1-2H2. The van der Waals surface area contributed by atoms with Crippen molar-refractivity contribution >= 4 is 34.4 Å². The van der Waals surface area contributed by atoms with Crippen LogP contribution in [0.4, 0.5) is 5.69 Å². The summed E-state index contributed by atoms with van der Waals surface area (Å²) in [4.78, 5) is 22.0. The molecule has 0 saturated heterocycles. The largest absolute Gasteiger partial charge is 0.309 e. The molecule has 0 aliphatic heterocycles. The minimum absolute atomic E-state index is 0.114. The number of ketones is 1. The van der Waals surface area contributed by atoms with E-state index in [9.17, 15) is 14.9 Å². The van der Waals surface area contributed by atoms with Crippen molar-refractivity contribution in [2.75, 3.05) is 0 Å². The number of carbonyl (C=O) groups is 1. The lowest BCUT2D eigenvalue weighted by molar-refractivity contribution is -0.384. The van der Waals surface area contributed by atoms with Crippen LogP contribution in [0.3, 0.4) is 0 Å². The molecule has 6 heteroatoms. The van der Waals surface area contributed by atoms with Crippen LogP contribution >= 0.6 is 22.9 Å². The fraction of sp³-hybridized carbons (Fsp3) is 0.286. The van der Waals surface area contributed by atoms with E-state index < -0.39 is 4.92 Å². The fourth-order valence-electron chi connectivity index (χ4n) is 1.42. The molecule has 0 bridgehead atoms. The zero-order valence-corrected chi connectivity index (χ0v) is 7.94. The molecule has 2 rings (SSSR count). The van der Waals surface area contributed by atoms with Gasteiger partial charge in [-0.1, -0.05) is 11.6 Å². The predicted molar refractivity (Wildman–Crippen MR) is 48.6 cm³/mol. The van der Waals surface area contributed by atoms with Gasteiger partial charge in [-0.25, -0.2) is 0 Å². The summed E-state index contributed by atoms with van der Waals surface area (Å²) in [6, 6.07) is 0. The normalized spacial score (nSPS) is 14.7. The van der Waals surface area contributed by atoms with Crippen molar-refractivity contribution in [2.45, 2.75) is 12.8 Å². The molecule has 1 heterocycles. The third-order valence-corrected chi connectivity index (χ3v) is 3.39. The van der Waals surface area contributed by atoms with E-state index in [0.29, 0.717) is 12.8 Å². The van der Waals surface area contributed by atoms with Crippen molar-refractivity contribution in [3.63, 3.8) is 0 Å². The molecule has 1 aliphatic rings. The summed E-state index contributed by atoms with van der Waals surface area (Å²) in [6.07, 6.45) is 0.964. The first-order valence-corrected chi connectivity index (χ1v) is 4.79. The average Bonchev–Trinajstić information content (AvgIpc) is 2.51. The number of halogens is 1. The van der Waals surface area contributed by atoms with Crippen molar-refractivity contribution in [3.8, 4) is 0 Å². The lowest BCUT2D eigenvalue weighted by atomic mass is 10.2. The Kier molecular flexibility index (Phi) is 1.85. The molecule has 0 amide bonds. The smallest absolute Gasteiger partial charge is 0.294 e. The number of hydrogen-bond donors (Lipinski definition) is 0. The summed E-state index contributed by atoms with van der Waals surface area (Å²) in [7, 11) is 0. The lowest BCUT2D eigenvalue weighted by Gasteiger charge is -1.89. The van der Waals surface area contributed by atoms with Crippen LogP contribution in [0.2, 0.25) is 4.34 Å². The van der Waals surface area contributed by atoms with Crippen molar-refractivity contribution in [2.24, 2.45) is 0 Å². The van der Waals surface area contributed by atoms with E-state index in [0.717, 1.165) is 16.2 Å². The molecular weight excluding hydrogens is 214 g/mol. The van der Waals surface area contributed by atoms with Gasteiger partial charge in [0.15, 0.2) is 10.1 Å². The summed E-state index contributed by atoms with van der Waals surface area (Å²) < 4.78 is 0.114. The zero-order valence-electron chi connectivity index (χ0n) is 6.37. The van der Waals surface area contributed by atoms with E-state index in [-0.39, 0.29) is 21.4 Å². The third-order valence-electron chi connectivity index (χ3n) is 1.96. The van der Waals surface area contributed by atoms with Gasteiger partial charge in [0, 0.05) is 11.3 Å². The second-order valence-corrected chi connectivity index (χ2v) is 4.41. The lowest BCUT2D eigenvalue weighted by Crippen LogP contribution is -1.96. The number of hydrogen-bond acceptors (Lipinski definition) is 4. The quantitative estimate of drug-likeness (QED) is 0.536. The van der Waals surface area contributed by atoms with Crippen LogP contribution in [0, 0.1) is 10.1 Å². The van der Waals surface area contributed by atoms with E-state index in [1.165, 1.54) is 0 Å². The highest BCUT2D eigenvalue weighted by Gasteiger charge is 2.34. The van der Waals surface area contributed by atoms with Gasteiger partial charge in [-0.15, -0.1) is 11.3 Å². The Balaban J connectivity index is 2.68. The number of thiophene rings is 1. The fourth-order valence-corrected chi connectivity index (χ4v) is 2.87. The van der Waals surface area contributed by atoms with Crippen LogP contribution in [0.15, 0.2) is 0 Å². The molecule has 68 valence electrons. The van der Waals surface area contributed by atoms with Gasteiger partial charge >= 0.3 is 5.69 Å². The van der Waals surface area contributed by atoms with Crippen molar-refractivity contribution in [1.29, 1.82) is 0 Å². The van der Waals surface area contributed by atoms with E-state index in [1.807, 2.05) is 0 Å². The molecule has 0 atom stereocenters. The summed E-state index contributed by atoms with van der Waals surface area (Å²) in [6.45, 7) is 0. The first-order valence-electron chi connectivity index (χ1n) is 3.60. The molecule has 0 unspecified atom stereocenters. The van der Waals surface area contributed by atoms with Crippen molar-refractivity contribution < 1.29 is 9.72 Å². The number of carbonyl (C=O) groups excluding carboxylic acids is 1. The second kappa shape index (κ2) is 2.78.